The largest absolute Gasteiger partial charge is 0.381 e. The van der Waals surface area contributed by atoms with Crippen molar-refractivity contribution in [1.29, 1.82) is 0 Å². The van der Waals surface area contributed by atoms with Gasteiger partial charge in [-0.3, -0.25) is 0 Å². The SMILES string of the molecule is CC1=CCC(C(C)COCCCCBr)CC1. The van der Waals surface area contributed by atoms with E-state index in [2.05, 4.69) is 35.9 Å². The van der Waals surface area contributed by atoms with Crippen molar-refractivity contribution in [2.75, 3.05) is 18.5 Å². The van der Waals surface area contributed by atoms with Gasteiger partial charge in [0.1, 0.15) is 0 Å². The van der Waals surface area contributed by atoms with Crippen LogP contribution in [0.4, 0.5) is 0 Å². The molecule has 0 radical (unpaired) electrons. The molecule has 2 heteroatoms. The van der Waals surface area contributed by atoms with Crippen molar-refractivity contribution in [1.82, 2.24) is 0 Å². The van der Waals surface area contributed by atoms with Crippen molar-refractivity contribution in [2.45, 2.75) is 46.0 Å². The molecule has 1 nitrogen and oxygen atoms in total. The molecule has 0 aromatic heterocycles. The molecule has 0 aromatic rings. The molecular formula is C14H25BrO. The molecule has 0 aliphatic heterocycles. The molecule has 0 bridgehead atoms. The third-order valence-corrected chi connectivity index (χ3v) is 4.10. The summed E-state index contributed by atoms with van der Waals surface area (Å²) in [6, 6.07) is 0. The van der Waals surface area contributed by atoms with Gasteiger partial charge in [-0.1, -0.05) is 34.5 Å². The Morgan fingerprint density at radius 2 is 2.31 bits per heavy atom. The molecule has 2 atom stereocenters. The monoisotopic (exact) mass is 288 g/mol. The summed E-state index contributed by atoms with van der Waals surface area (Å²) in [5.74, 6) is 1.56. The Morgan fingerprint density at radius 3 is 2.94 bits per heavy atom. The number of unbranched alkanes of at least 4 members (excludes halogenated alkanes) is 1. The number of rotatable bonds is 7. The van der Waals surface area contributed by atoms with E-state index in [1.807, 2.05) is 0 Å². The second kappa shape index (κ2) is 8.30. The molecule has 0 spiro atoms. The Morgan fingerprint density at radius 1 is 1.50 bits per heavy atom. The third kappa shape index (κ3) is 5.49. The van der Waals surface area contributed by atoms with Crippen LogP contribution >= 0.6 is 15.9 Å². The fraction of sp³-hybridized carbons (Fsp3) is 0.857. The van der Waals surface area contributed by atoms with Gasteiger partial charge in [0.2, 0.25) is 0 Å². The molecular weight excluding hydrogens is 264 g/mol. The van der Waals surface area contributed by atoms with E-state index in [0.717, 1.165) is 24.5 Å². The highest BCUT2D eigenvalue weighted by molar-refractivity contribution is 9.09. The number of hydrogen-bond donors (Lipinski definition) is 0. The van der Waals surface area contributed by atoms with Crippen molar-refractivity contribution in [3.63, 3.8) is 0 Å². The Hall–Kier alpha value is 0.180. The van der Waals surface area contributed by atoms with Crippen LogP contribution in [0.3, 0.4) is 0 Å². The Bertz CT molecular complexity index is 213. The molecule has 1 aliphatic carbocycles. The predicted molar refractivity (Wildman–Crippen MR) is 74.1 cm³/mol. The average molecular weight is 289 g/mol. The number of hydrogen-bond acceptors (Lipinski definition) is 1. The molecule has 1 aliphatic rings. The zero-order valence-corrected chi connectivity index (χ0v) is 12.3. The molecule has 2 unspecified atom stereocenters. The van der Waals surface area contributed by atoms with Crippen LogP contribution in [0.25, 0.3) is 0 Å². The number of halogens is 1. The molecule has 94 valence electrons. The van der Waals surface area contributed by atoms with Gasteiger partial charge in [0.05, 0.1) is 0 Å². The summed E-state index contributed by atoms with van der Waals surface area (Å²) in [6.07, 6.45) is 8.72. The quantitative estimate of drug-likeness (QED) is 0.379. The van der Waals surface area contributed by atoms with Crippen molar-refractivity contribution >= 4 is 15.9 Å². The molecule has 0 saturated carbocycles. The van der Waals surface area contributed by atoms with Gasteiger partial charge in [0.15, 0.2) is 0 Å². The zero-order valence-electron chi connectivity index (χ0n) is 10.7. The van der Waals surface area contributed by atoms with E-state index in [0.29, 0.717) is 5.92 Å². The highest BCUT2D eigenvalue weighted by Gasteiger charge is 2.19. The first-order chi connectivity index (χ1) is 7.74. The minimum absolute atomic E-state index is 0.716. The van der Waals surface area contributed by atoms with E-state index in [1.54, 1.807) is 5.57 Å². The van der Waals surface area contributed by atoms with Gasteiger partial charge in [-0.2, -0.15) is 0 Å². The first kappa shape index (κ1) is 14.2. The molecule has 1 rings (SSSR count). The minimum atomic E-state index is 0.716. The lowest BCUT2D eigenvalue weighted by atomic mass is 9.82. The Kier molecular flexibility index (Phi) is 7.39. The maximum Gasteiger partial charge on any atom is 0.0494 e. The third-order valence-electron chi connectivity index (χ3n) is 3.54. The minimum Gasteiger partial charge on any atom is -0.381 e. The predicted octanol–water partition coefficient (Wildman–Crippen LogP) is 4.56. The first-order valence-electron chi connectivity index (χ1n) is 6.53. The van der Waals surface area contributed by atoms with Crippen LogP contribution in [-0.2, 0) is 4.74 Å². The lowest BCUT2D eigenvalue weighted by Gasteiger charge is -2.26. The maximum absolute atomic E-state index is 5.74. The highest BCUT2D eigenvalue weighted by Crippen LogP contribution is 2.29. The van der Waals surface area contributed by atoms with Crippen LogP contribution in [0.5, 0.6) is 0 Å². The summed E-state index contributed by atoms with van der Waals surface area (Å²) in [5.41, 5.74) is 1.57. The van der Waals surface area contributed by atoms with Gasteiger partial charge in [0, 0.05) is 18.5 Å². The number of ether oxygens (including phenoxy) is 1. The van der Waals surface area contributed by atoms with Gasteiger partial charge in [-0.15, -0.1) is 0 Å². The number of alkyl halides is 1. The van der Waals surface area contributed by atoms with Gasteiger partial charge < -0.3 is 4.74 Å². The molecule has 0 heterocycles. The molecule has 0 saturated heterocycles. The standard InChI is InChI=1S/C14H25BrO/c1-12-5-7-14(8-6-12)13(2)11-16-10-4-3-9-15/h5,13-14H,3-4,6-11H2,1-2H3. The summed E-state index contributed by atoms with van der Waals surface area (Å²) in [4.78, 5) is 0. The molecule has 0 amide bonds. The summed E-state index contributed by atoms with van der Waals surface area (Å²) < 4.78 is 5.74. The van der Waals surface area contributed by atoms with Crippen LogP contribution in [-0.4, -0.2) is 18.5 Å². The summed E-state index contributed by atoms with van der Waals surface area (Å²) in [6.45, 7) is 6.46. The van der Waals surface area contributed by atoms with Crippen LogP contribution in [0.2, 0.25) is 0 Å². The topological polar surface area (TPSA) is 9.23 Å². The van der Waals surface area contributed by atoms with E-state index in [1.165, 1.54) is 32.1 Å². The molecule has 0 N–H and O–H groups in total. The van der Waals surface area contributed by atoms with E-state index < -0.39 is 0 Å². The molecule has 16 heavy (non-hydrogen) atoms. The maximum atomic E-state index is 5.74. The van der Waals surface area contributed by atoms with E-state index in [-0.39, 0.29) is 0 Å². The smallest absolute Gasteiger partial charge is 0.0494 e. The van der Waals surface area contributed by atoms with Crippen molar-refractivity contribution in [3.05, 3.63) is 11.6 Å². The fourth-order valence-corrected chi connectivity index (χ4v) is 2.60. The van der Waals surface area contributed by atoms with E-state index in [4.69, 9.17) is 4.74 Å². The lowest BCUT2D eigenvalue weighted by molar-refractivity contribution is 0.0794. The summed E-state index contributed by atoms with van der Waals surface area (Å²) in [7, 11) is 0. The van der Waals surface area contributed by atoms with E-state index in [9.17, 15) is 0 Å². The highest BCUT2D eigenvalue weighted by atomic mass is 79.9. The van der Waals surface area contributed by atoms with Gasteiger partial charge >= 0.3 is 0 Å². The van der Waals surface area contributed by atoms with Crippen molar-refractivity contribution in [3.8, 4) is 0 Å². The van der Waals surface area contributed by atoms with Crippen LogP contribution in [0.15, 0.2) is 11.6 Å². The summed E-state index contributed by atoms with van der Waals surface area (Å²) >= 11 is 3.44. The molecule has 0 aromatic carbocycles. The first-order valence-corrected chi connectivity index (χ1v) is 7.65. The van der Waals surface area contributed by atoms with Crippen molar-refractivity contribution in [2.24, 2.45) is 11.8 Å². The summed E-state index contributed by atoms with van der Waals surface area (Å²) in [5, 5.41) is 1.10. The zero-order chi connectivity index (χ0) is 11.8. The normalized spacial score (nSPS) is 22.9. The second-order valence-electron chi connectivity index (χ2n) is 5.03. The Balaban J connectivity index is 2.08. The fourth-order valence-electron chi connectivity index (χ4n) is 2.21. The van der Waals surface area contributed by atoms with Gasteiger partial charge in [-0.05, 0) is 50.9 Å². The molecule has 0 fully saturated rings. The van der Waals surface area contributed by atoms with Crippen LogP contribution in [0.1, 0.15) is 46.0 Å². The van der Waals surface area contributed by atoms with Crippen molar-refractivity contribution < 1.29 is 4.74 Å². The average Bonchev–Trinajstić information content (AvgIpc) is 2.29. The number of allylic oxidation sites excluding steroid dienone is 2. The van der Waals surface area contributed by atoms with Crippen LogP contribution < -0.4 is 0 Å². The van der Waals surface area contributed by atoms with Crippen LogP contribution in [0, 0.1) is 11.8 Å². The van der Waals surface area contributed by atoms with Gasteiger partial charge in [0.25, 0.3) is 0 Å². The van der Waals surface area contributed by atoms with E-state index >= 15 is 0 Å². The Labute approximate surface area is 109 Å². The van der Waals surface area contributed by atoms with Gasteiger partial charge in [-0.25, -0.2) is 0 Å². The lowest BCUT2D eigenvalue weighted by Crippen LogP contribution is -2.19. The second-order valence-corrected chi connectivity index (χ2v) is 5.83.